The SMILES string of the molecule is Cc1ccc(C(=O)N2CC[C@@H](C)[C@H](c3cc(C(F)F)nc4ncnn34)C2)c(C)n1.Cl. The molecule has 0 bridgehead atoms. The predicted molar refractivity (Wildman–Crippen MR) is 109 cm³/mol. The lowest BCUT2D eigenvalue weighted by atomic mass is 9.84. The molecule has 0 spiro atoms. The van der Waals surface area contributed by atoms with E-state index < -0.39 is 6.43 Å². The molecule has 2 atom stereocenters. The summed E-state index contributed by atoms with van der Waals surface area (Å²) >= 11 is 0. The zero-order valence-corrected chi connectivity index (χ0v) is 17.7. The highest BCUT2D eigenvalue weighted by atomic mass is 35.5. The van der Waals surface area contributed by atoms with Crippen LogP contribution >= 0.6 is 12.4 Å². The van der Waals surface area contributed by atoms with Gasteiger partial charge in [0.15, 0.2) is 0 Å². The Labute approximate surface area is 179 Å². The Morgan fingerprint density at radius 2 is 2.00 bits per heavy atom. The second-order valence-corrected chi connectivity index (χ2v) is 7.59. The number of aryl methyl sites for hydroxylation is 2. The van der Waals surface area contributed by atoms with Crippen LogP contribution in [0.1, 0.15) is 58.8 Å². The molecule has 1 aliphatic rings. The Morgan fingerprint density at radius 3 is 2.70 bits per heavy atom. The van der Waals surface area contributed by atoms with Crippen molar-refractivity contribution in [1.82, 2.24) is 29.5 Å². The molecule has 1 aliphatic heterocycles. The van der Waals surface area contributed by atoms with Gasteiger partial charge >= 0.3 is 0 Å². The van der Waals surface area contributed by atoms with E-state index in [9.17, 15) is 13.6 Å². The van der Waals surface area contributed by atoms with Gasteiger partial charge in [-0.3, -0.25) is 9.78 Å². The zero-order chi connectivity index (χ0) is 20.7. The highest BCUT2D eigenvalue weighted by Crippen LogP contribution is 2.34. The molecule has 4 rings (SSSR count). The number of rotatable bonds is 3. The van der Waals surface area contributed by atoms with Crippen molar-refractivity contribution in [3.8, 4) is 0 Å². The zero-order valence-electron chi connectivity index (χ0n) is 16.9. The van der Waals surface area contributed by atoms with Gasteiger partial charge in [-0.25, -0.2) is 18.3 Å². The van der Waals surface area contributed by atoms with Crippen molar-refractivity contribution >= 4 is 24.1 Å². The molecule has 160 valence electrons. The van der Waals surface area contributed by atoms with Crippen molar-refractivity contribution in [2.45, 2.75) is 39.5 Å². The lowest BCUT2D eigenvalue weighted by molar-refractivity contribution is 0.0664. The number of hydrogen-bond acceptors (Lipinski definition) is 5. The second-order valence-electron chi connectivity index (χ2n) is 7.59. The average Bonchev–Trinajstić information content (AvgIpc) is 3.16. The van der Waals surface area contributed by atoms with E-state index in [0.29, 0.717) is 30.0 Å². The van der Waals surface area contributed by atoms with Crippen LogP contribution in [0.3, 0.4) is 0 Å². The molecule has 1 saturated heterocycles. The van der Waals surface area contributed by atoms with Gasteiger partial charge in [0.1, 0.15) is 12.0 Å². The van der Waals surface area contributed by atoms with Gasteiger partial charge < -0.3 is 4.90 Å². The Kier molecular flexibility index (Phi) is 6.30. The molecule has 3 aromatic rings. The minimum atomic E-state index is -2.70. The summed E-state index contributed by atoms with van der Waals surface area (Å²) in [6.45, 7) is 6.79. The molecule has 0 N–H and O–H groups in total. The highest BCUT2D eigenvalue weighted by Gasteiger charge is 2.33. The lowest BCUT2D eigenvalue weighted by Gasteiger charge is -2.37. The third kappa shape index (κ3) is 3.98. The van der Waals surface area contributed by atoms with Crippen LogP contribution in [0, 0.1) is 19.8 Å². The molecule has 0 radical (unpaired) electrons. The Balaban J connectivity index is 0.00000256. The third-order valence-electron chi connectivity index (χ3n) is 5.60. The van der Waals surface area contributed by atoms with Gasteiger partial charge in [0, 0.05) is 24.7 Å². The van der Waals surface area contributed by atoms with Gasteiger partial charge in [-0.2, -0.15) is 10.1 Å². The van der Waals surface area contributed by atoms with Crippen molar-refractivity contribution in [3.63, 3.8) is 0 Å². The number of carbonyl (C=O) groups excluding carboxylic acids is 1. The van der Waals surface area contributed by atoms with Crippen LogP contribution in [0.25, 0.3) is 5.78 Å². The molecule has 3 aromatic heterocycles. The van der Waals surface area contributed by atoms with Crippen LogP contribution in [0.2, 0.25) is 0 Å². The smallest absolute Gasteiger partial charge is 0.280 e. The summed E-state index contributed by atoms with van der Waals surface area (Å²) in [7, 11) is 0. The first-order valence-corrected chi connectivity index (χ1v) is 9.57. The summed E-state index contributed by atoms with van der Waals surface area (Å²) in [6.07, 6.45) is -0.635. The monoisotopic (exact) mass is 436 g/mol. The fourth-order valence-corrected chi connectivity index (χ4v) is 3.95. The van der Waals surface area contributed by atoms with E-state index in [2.05, 4.69) is 27.0 Å². The molecule has 0 aromatic carbocycles. The van der Waals surface area contributed by atoms with E-state index in [1.165, 1.54) is 16.9 Å². The summed E-state index contributed by atoms with van der Waals surface area (Å²) in [5, 5.41) is 4.17. The van der Waals surface area contributed by atoms with Gasteiger partial charge in [-0.1, -0.05) is 6.92 Å². The van der Waals surface area contributed by atoms with Crippen molar-refractivity contribution in [3.05, 3.63) is 52.9 Å². The van der Waals surface area contributed by atoms with Crippen LogP contribution in [0.4, 0.5) is 8.78 Å². The molecular weight excluding hydrogens is 414 g/mol. The first kappa shape index (κ1) is 22.0. The van der Waals surface area contributed by atoms with Crippen molar-refractivity contribution in [2.75, 3.05) is 13.1 Å². The number of carbonyl (C=O) groups is 1. The number of likely N-dealkylation sites (tertiary alicyclic amines) is 1. The molecule has 4 heterocycles. The lowest BCUT2D eigenvalue weighted by Crippen LogP contribution is -2.43. The van der Waals surface area contributed by atoms with E-state index in [0.717, 1.165) is 12.1 Å². The van der Waals surface area contributed by atoms with Crippen LogP contribution in [0.15, 0.2) is 24.5 Å². The molecular formula is C20H23ClF2N6O. The molecule has 0 aliphatic carbocycles. The maximum absolute atomic E-state index is 13.4. The van der Waals surface area contributed by atoms with E-state index in [1.807, 2.05) is 19.9 Å². The maximum atomic E-state index is 13.4. The quantitative estimate of drug-likeness (QED) is 0.624. The van der Waals surface area contributed by atoms with Crippen molar-refractivity contribution in [1.29, 1.82) is 0 Å². The van der Waals surface area contributed by atoms with E-state index >= 15 is 0 Å². The summed E-state index contributed by atoms with van der Waals surface area (Å²) in [4.78, 5) is 27.2. The summed E-state index contributed by atoms with van der Waals surface area (Å²) < 4.78 is 28.2. The Morgan fingerprint density at radius 1 is 1.23 bits per heavy atom. The largest absolute Gasteiger partial charge is 0.338 e. The molecule has 1 fully saturated rings. The number of piperidine rings is 1. The van der Waals surface area contributed by atoms with Gasteiger partial charge in [0.2, 0.25) is 0 Å². The first-order valence-electron chi connectivity index (χ1n) is 9.57. The fourth-order valence-electron chi connectivity index (χ4n) is 3.95. The van der Waals surface area contributed by atoms with Crippen LogP contribution in [-0.4, -0.2) is 48.5 Å². The number of amides is 1. The van der Waals surface area contributed by atoms with E-state index in [-0.39, 0.29) is 41.6 Å². The second kappa shape index (κ2) is 8.59. The van der Waals surface area contributed by atoms with Crippen molar-refractivity contribution < 1.29 is 13.6 Å². The number of halogens is 3. The van der Waals surface area contributed by atoms with Gasteiger partial charge in [-0.05, 0) is 44.4 Å². The topological polar surface area (TPSA) is 76.3 Å². The number of hydrogen-bond donors (Lipinski definition) is 0. The number of pyridine rings is 1. The molecule has 0 unspecified atom stereocenters. The van der Waals surface area contributed by atoms with Crippen LogP contribution < -0.4 is 0 Å². The fraction of sp³-hybridized carbons (Fsp3) is 0.450. The van der Waals surface area contributed by atoms with E-state index in [4.69, 9.17) is 0 Å². The molecule has 1 amide bonds. The first-order chi connectivity index (χ1) is 13.8. The highest BCUT2D eigenvalue weighted by molar-refractivity contribution is 5.95. The van der Waals surface area contributed by atoms with Gasteiger partial charge in [0.25, 0.3) is 18.1 Å². The molecule has 7 nitrogen and oxygen atoms in total. The Hall–Kier alpha value is -2.68. The third-order valence-corrected chi connectivity index (χ3v) is 5.60. The minimum Gasteiger partial charge on any atom is -0.338 e. The predicted octanol–water partition coefficient (Wildman–Crippen LogP) is 3.76. The summed E-state index contributed by atoms with van der Waals surface area (Å²) in [6, 6.07) is 5.01. The molecule has 10 heteroatoms. The normalized spacial score (nSPS) is 19.2. The Bertz CT molecular complexity index is 1070. The summed E-state index contributed by atoms with van der Waals surface area (Å²) in [5.74, 6) is 0.0876. The average molecular weight is 437 g/mol. The number of alkyl halides is 2. The van der Waals surface area contributed by atoms with Crippen LogP contribution in [0.5, 0.6) is 0 Å². The molecule has 30 heavy (non-hydrogen) atoms. The van der Waals surface area contributed by atoms with E-state index in [1.54, 1.807) is 11.0 Å². The number of aromatic nitrogens is 5. The van der Waals surface area contributed by atoms with Crippen molar-refractivity contribution in [2.24, 2.45) is 5.92 Å². The van der Waals surface area contributed by atoms with Crippen LogP contribution in [-0.2, 0) is 0 Å². The number of nitrogens with zero attached hydrogens (tertiary/aromatic N) is 6. The number of fused-ring (bicyclic) bond motifs is 1. The summed E-state index contributed by atoms with van der Waals surface area (Å²) in [5.41, 5.74) is 2.39. The standard InChI is InChI=1S/C20H22F2N6O.ClH/c1-11-6-7-27(19(29)14-5-4-12(2)25-13(14)3)9-15(11)17-8-16(18(21)22)26-20-23-10-24-28(17)20;/h4-5,8,10-11,15,18H,6-7,9H2,1-3H3;1H/t11-,15-;/m1./s1. The maximum Gasteiger partial charge on any atom is 0.280 e. The minimum absolute atomic E-state index is 0. The van der Waals surface area contributed by atoms with Gasteiger partial charge in [0.05, 0.1) is 17.0 Å². The molecule has 0 saturated carbocycles. The van der Waals surface area contributed by atoms with Gasteiger partial charge in [-0.15, -0.1) is 12.4 Å².